The molecule has 0 saturated heterocycles. The third-order valence-electron chi connectivity index (χ3n) is 2.82. The van der Waals surface area contributed by atoms with Crippen molar-refractivity contribution in [1.29, 1.82) is 0 Å². The third-order valence-corrected chi connectivity index (χ3v) is 2.82. The number of rotatable bonds is 3. The summed E-state index contributed by atoms with van der Waals surface area (Å²) in [5.41, 5.74) is 9.03. The highest BCUT2D eigenvalue weighted by atomic mass is 19.1. The van der Waals surface area contributed by atoms with Crippen molar-refractivity contribution >= 4 is 0 Å². The molecule has 0 aliphatic carbocycles. The van der Waals surface area contributed by atoms with Gasteiger partial charge in [-0.3, -0.25) is 4.98 Å². The molecule has 88 valence electrons. The van der Waals surface area contributed by atoms with Crippen LogP contribution < -0.4 is 5.73 Å². The summed E-state index contributed by atoms with van der Waals surface area (Å²) in [6, 6.07) is 8.37. The van der Waals surface area contributed by atoms with Crippen LogP contribution in [0.3, 0.4) is 0 Å². The van der Waals surface area contributed by atoms with E-state index in [9.17, 15) is 4.39 Å². The van der Waals surface area contributed by atoms with Gasteiger partial charge in [-0.05, 0) is 48.2 Å². The molecule has 1 aromatic heterocycles. The fourth-order valence-corrected chi connectivity index (χ4v) is 1.89. The second-order valence-corrected chi connectivity index (χ2v) is 4.17. The molecule has 3 heteroatoms. The maximum absolute atomic E-state index is 13.2. The monoisotopic (exact) mass is 230 g/mol. The van der Waals surface area contributed by atoms with Crippen LogP contribution in [-0.2, 0) is 6.42 Å². The summed E-state index contributed by atoms with van der Waals surface area (Å²) in [4.78, 5) is 4.04. The maximum Gasteiger partial charge on any atom is 0.123 e. The van der Waals surface area contributed by atoms with Crippen LogP contribution in [0.25, 0.3) is 0 Å². The van der Waals surface area contributed by atoms with Gasteiger partial charge in [0.15, 0.2) is 0 Å². The Balaban J connectivity index is 2.20. The Kier molecular flexibility index (Phi) is 3.49. The van der Waals surface area contributed by atoms with Crippen molar-refractivity contribution in [3.05, 3.63) is 65.2 Å². The molecule has 1 atom stereocenters. The molecule has 17 heavy (non-hydrogen) atoms. The van der Waals surface area contributed by atoms with E-state index in [2.05, 4.69) is 4.98 Å². The van der Waals surface area contributed by atoms with Gasteiger partial charge in [0.05, 0.1) is 0 Å². The van der Waals surface area contributed by atoms with E-state index >= 15 is 0 Å². The van der Waals surface area contributed by atoms with Gasteiger partial charge in [-0.15, -0.1) is 0 Å². The number of halogens is 1. The first-order valence-electron chi connectivity index (χ1n) is 5.57. The minimum Gasteiger partial charge on any atom is -0.324 e. The van der Waals surface area contributed by atoms with Crippen LogP contribution in [-0.4, -0.2) is 4.98 Å². The highest BCUT2D eigenvalue weighted by Crippen LogP contribution is 2.20. The normalized spacial score (nSPS) is 12.4. The first-order valence-corrected chi connectivity index (χ1v) is 5.57. The molecule has 2 N–H and O–H groups in total. The zero-order valence-electron chi connectivity index (χ0n) is 9.73. The molecule has 1 aromatic carbocycles. The highest BCUT2D eigenvalue weighted by Gasteiger charge is 2.10. The van der Waals surface area contributed by atoms with Crippen LogP contribution in [0.2, 0.25) is 0 Å². The fourth-order valence-electron chi connectivity index (χ4n) is 1.89. The molecule has 2 aromatic rings. The van der Waals surface area contributed by atoms with Gasteiger partial charge in [0.25, 0.3) is 0 Å². The lowest BCUT2D eigenvalue weighted by Gasteiger charge is -2.14. The second-order valence-electron chi connectivity index (χ2n) is 4.17. The molecule has 0 aliphatic heterocycles. The number of pyridine rings is 1. The minimum absolute atomic E-state index is 0.199. The molecule has 2 rings (SSSR count). The summed E-state index contributed by atoms with van der Waals surface area (Å²) in [6.45, 7) is 1.94. The standard InChI is InChI=1S/C14H15FN2/c1-10-4-5-12(15)8-13(10)14(16)7-11-3-2-6-17-9-11/h2-6,8-9,14H,7,16H2,1H3. The SMILES string of the molecule is Cc1ccc(F)cc1C(N)Cc1cccnc1. The van der Waals surface area contributed by atoms with Crippen LogP contribution >= 0.6 is 0 Å². The first-order chi connectivity index (χ1) is 8.16. The van der Waals surface area contributed by atoms with E-state index in [1.807, 2.05) is 19.1 Å². The second kappa shape index (κ2) is 5.06. The molecule has 0 amide bonds. The highest BCUT2D eigenvalue weighted by molar-refractivity contribution is 5.30. The summed E-state index contributed by atoms with van der Waals surface area (Å²) in [5, 5.41) is 0. The van der Waals surface area contributed by atoms with Crippen LogP contribution in [0, 0.1) is 12.7 Å². The van der Waals surface area contributed by atoms with Crippen LogP contribution in [0.5, 0.6) is 0 Å². The number of hydrogen-bond donors (Lipinski definition) is 1. The molecule has 0 fully saturated rings. The number of hydrogen-bond acceptors (Lipinski definition) is 2. The van der Waals surface area contributed by atoms with E-state index in [-0.39, 0.29) is 11.9 Å². The lowest BCUT2D eigenvalue weighted by Crippen LogP contribution is -2.15. The molecule has 1 heterocycles. The van der Waals surface area contributed by atoms with Crippen molar-refractivity contribution in [2.24, 2.45) is 5.73 Å². The zero-order chi connectivity index (χ0) is 12.3. The maximum atomic E-state index is 13.2. The molecule has 0 aliphatic rings. The number of benzene rings is 1. The van der Waals surface area contributed by atoms with Gasteiger partial charge in [-0.2, -0.15) is 0 Å². The van der Waals surface area contributed by atoms with E-state index in [1.54, 1.807) is 18.5 Å². The van der Waals surface area contributed by atoms with Crippen molar-refractivity contribution in [2.75, 3.05) is 0 Å². The van der Waals surface area contributed by atoms with Crippen LogP contribution in [0.15, 0.2) is 42.7 Å². The van der Waals surface area contributed by atoms with E-state index in [0.717, 1.165) is 16.7 Å². The largest absolute Gasteiger partial charge is 0.324 e. The molecule has 0 bridgehead atoms. The topological polar surface area (TPSA) is 38.9 Å². The lowest BCUT2D eigenvalue weighted by molar-refractivity contribution is 0.617. The molecule has 0 saturated carbocycles. The minimum atomic E-state index is -0.243. The summed E-state index contributed by atoms with van der Waals surface area (Å²) < 4.78 is 13.2. The van der Waals surface area contributed by atoms with Crippen molar-refractivity contribution in [2.45, 2.75) is 19.4 Å². The van der Waals surface area contributed by atoms with Crippen molar-refractivity contribution in [3.63, 3.8) is 0 Å². The molecule has 0 spiro atoms. The summed E-state index contributed by atoms with van der Waals surface area (Å²) in [6.07, 6.45) is 4.18. The Morgan fingerprint density at radius 3 is 2.88 bits per heavy atom. The number of nitrogens with two attached hydrogens (primary N) is 1. The molecule has 1 unspecified atom stereocenters. The van der Waals surface area contributed by atoms with E-state index in [1.165, 1.54) is 12.1 Å². The van der Waals surface area contributed by atoms with Crippen molar-refractivity contribution in [1.82, 2.24) is 4.98 Å². The van der Waals surface area contributed by atoms with Gasteiger partial charge in [-0.25, -0.2) is 4.39 Å². The molecule has 2 nitrogen and oxygen atoms in total. The van der Waals surface area contributed by atoms with Gasteiger partial charge < -0.3 is 5.73 Å². The quantitative estimate of drug-likeness (QED) is 0.880. The Bertz CT molecular complexity index is 497. The summed E-state index contributed by atoms with van der Waals surface area (Å²) in [5.74, 6) is -0.243. The number of aryl methyl sites for hydroxylation is 1. The molecular weight excluding hydrogens is 215 g/mol. The van der Waals surface area contributed by atoms with E-state index in [0.29, 0.717) is 6.42 Å². The predicted molar refractivity (Wildman–Crippen MR) is 66.0 cm³/mol. The Morgan fingerprint density at radius 2 is 2.18 bits per heavy atom. The average Bonchev–Trinajstić information content (AvgIpc) is 2.33. The zero-order valence-corrected chi connectivity index (χ0v) is 9.73. The summed E-state index contributed by atoms with van der Waals surface area (Å²) in [7, 11) is 0. The summed E-state index contributed by atoms with van der Waals surface area (Å²) >= 11 is 0. The predicted octanol–water partition coefficient (Wildman–Crippen LogP) is 2.77. The molecular formula is C14H15FN2. The van der Waals surface area contributed by atoms with Crippen LogP contribution in [0.4, 0.5) is 4.39 Å². The van der Waals surface area contributed by atoms with Crippen LogP contribution in [0.1, 0.15) is 22.7 Å². The van der Waals surface area contributed by atoms with Crippen molar-refractivity contribution < 1.29 is 4.39 Å². The van der Waals surface area contributed by atoms with E-state index in [4.69, 9.17) is 5.73 Å². The lowest BCUT2D eigenvalue weighted by atomic mass is 9.97. The smallest absolute Gasteiger partial charge is 0.123 e. The third kappa shape index (κ3) is 2.88. The van der Waals surface area contributed by atoms with Gasteiger partial charge in [0.2, 0.25) is 0 Å². The van der Waals surface area contributed by atoms with E-state index < -0.39 is 0 Å². The van der Waals surface area contributed by atoms with Gasteiger partial charge >= 0.3 is 0 Å². The first kappa shape index (κ1) is 11.7. The van der Waals surface area contributed by atoms with Gasteiger partial charge in [0.1, 0.15) is 5.82 Å². The Morgan fingerprint density at radius 1 is 1.35 bits per heavy atom. The number of aromatic nitrogens is 1. The fraction of sp³-hybridized carbons (Fsp3) is 0.214. The molecule has 0 radical (unpaired) electrons. The Hall–Kier alpha value is -1.74. The Labute approximate surface area is 100 Å². The average molecular weight is 230 g/mol. The van der Waals surface area contributed by atoms with Crippen molar-refractivity contribution in [3.8, 4) is 0 Å². The van der Waals surface area contributed by atoms with Gasteiger partial charge in [-0.1, -0.05) is 12.1 Å². The number of nitrogens with zero attached hydrogens (tertiary/aromatic N) is 1. The van der Waals surface area contributed by atoms with Gasteiger partial charge in [0, 0.05) is 18.4 Å².